The molecular weight excluding hydrogens is 244 g/mol. The van der Waals surface area contributed by atoms with Gasteiger partial charge >= 0.3 is 11.9 Å². The van der Waals surface area contributed by atoms with Crippen molar-refractivity contribution < 1.29 is 24.2 Å². The third kappa shape index (κ3) is 2.65. The fourth-order valence-electron chi connectivity index (χ4n) is 1.18. The quantitative estimate of drug-likeness (QED) is 0.717. The Balaban J connectivity index is 3.27. The molecule has 0 aliphatic carbocycles. The Hall–Kier alpha value is -2.38. The second-order valence-corrected chi connectivity index (χ2v) is 3.07. The van der Waals surface area contributed by atoms with E-state index in [2.05, 4.69) is 14.6 Å². The average Bonchev–Trinajstić information content (AvgIpc) is 2.29. The summed E-state index contributed by atoms with van der Waals surface area (Å²) in [7, 11) is 0. The van der Waals surface area contributed by atoms with Crippen molar-refractivity contribution in [1.29, 1.82) is 0 Å². The van der Waals surface area contributed by atoms with Gasteiger partial charge in [-0.25, -0.2) is 14.7 Å². The molecule has 0 unspecified atom stereocenters. The monoisotopic (exact) mass is 256 g/mol. The minimum Gasteiger partial charge on any atom is -0.504 e. The zero-order valence-electron chi connectivity index (χ0n) is 9.85. The second-order valence-electron chi connectivity index (χ2n) is 3.07. The zero-order chi connectivity index (χ0) is 13.7. The molecule has 0 bridgehead atoms. The summed E-state index contributed by atoms with van der Waals surface area (Å²) in [6.45, 7) is 3.19. The third-order valence-electron chi connectivity index (χ3n) is 1.91. The maximum atomic E-state index is 11.4. The van der Waals surface area contributed by atoms with E-state index in [0.29, 0.717) is 0 Å². The first-order valence-electron chi connectivity index (χ1n) is 5.18. The fraction of sp³-hybridized carbons (Fsp3) is 0.400. The van der Waals surface area contributed by atoms with Gasteiger partial charge in [-0.05, 0) is 13.8 Å². The summed E-state index contributed by atoms with van der Waals surface area (Å²) >= 11 is 0. The Morgan fingerprint density at radius 2 is 1.78 bits per heavy atom. The highest BCUT2D eigenvalue weighted by atomic mass is 16.5. The number of carbonyl (C=O) groups is 2. The summed E-state index contributed by atoms with van der Waals surface area (Å²) in [6.07, 6.45) is 0. The molecule has 0 saturated carbocycles. The molecule has 1 rings (SSSR count). The number of nitrogens with zero attached hydrogens (tertiary/aromatic N) is 1. The molecule has 8 heteroatoms. The Bertz CT molecular complexity index is 522. The van der Waals surface area contributed by atoms with Gasteiger partial charge in [0, 0.05) is 0 Å². The molecule has 1 aromatic rings. The molecule has 2 N–H and O–H groups in total. The van der Waals surface area contributed by atoms with E-state index >= 15 is 0 Å². The number of ether oxygens (including phenoxy) is 2. The lowest BCUT2D eigenvalue weighted by Crippen LogP contribution is -2.24. The number of nitrogens with one attached hydrogen (secondary N) is 1. The number of H-pyrrole nitrogens is 1. The van der Waals surface area contributed by atoms with Crippen molar-refractivity contribution in [2.45, 2.75) is 13.8 Å². The lowest BCUT2D eigenvalue weighted by atomic mass is 10.2. The van der Waals surface area contributed by atoms with Crippen LogP contribution in [0.15, 0.2) is 4.79 Å². The van der Waals surface area contributed by atoms with Crippen LogP contribution in [0.2, 0.25) is 0 Å². The summed E-state index contributed by atoms with van der Waals surface area (Å²) in [5.41, 5.74) is -2.16. The van der Waals surface area contributed by atoms with Gasteiger partial charge in [0.2, 0.25) is 5.69 Å². The average molecular weight is 256 g/mol. The molecule has 0 atom stereocenters. The summed E-state index contributed by atoms with van der Waals surface area (Å²) in [4.78, 5) is 34.2. The predicted octanol–water partition coefficient (Wildman–Crippen LogP) is -0.171. The van der Waals surface area contributed by atoms with Gasteiger partial charge in [-0.15, -0.1) is 0 Å². The van der Waals surface area contributed by atoms with Crippen LogP contribution in [0.4, 0.5) is 0 Å². The lowest BCUT2D eigenvalue weighted by Gasteiger charge is -2.06. The first-order valence-corrected chi connectivity index (χ1v) is 5.18. The molecule has 0 aliphatic rings. The van der Waals surface area contributed by atoms with E-state index in [1.807, 2.05) is 5.10 Å². The van der Waals surface area contributed by atoms with Crippen LogP contribution in [0.1, 0.15) is 34.7 Å². The lowest BCUT2D eigenvalue weighted by molar-refractivity contribution is 0.0509. The first kappa shape index (κ1) is 13.7. The van der Waals surface area contributed by atoms with E-state index in [0.717, 1.165) is 0 Å². The number of hydrogen-bond donors (Lipinski definition) is 2. The van der Waals surface area contributed by atoms with Crippen LogP contribution in [0, 0.1) is 0 Å². The van der Waals surface area contributed by atoms with Gasteiger partial charge in [-0.2, -0.15) is 5.10 Å². The summed E-state index contributed by atoms with van der Waals surface area (Å²) in [5.74, 6) is -2.84. The van der Waals surface area contributed by atoms with Gasteiger partial charge in [-0.3, -0.25) is 4.79 Å². The standard InChI is InChI=1S/C10H12N2O6/c1-3-17-9(15)5-7(13)6(10(16)18-4-2)11-12-8(5)14/h3-4H2,1-2H3,(H2,12,13,14). The van der Waals surface area contributed by atoms with E-state index in [9.17, 15) is 19.5 Å². The third-order valence-corrected chi connectivity index (χ3v) is 1.91. The number of hydrogen-bond acceptors (Lipinski definition) is 7. The highest BCUT2D eigenvalue weighted by Crippen LogP contribution is 2.18. The minimum absolute atomic E-state index is 0.0226. The van der Waals surface area contributed by atoms with Crippen molar-refractivity contribution in [3.63, 3.8) is 0 Å². The Morgan fingerprint density at radius 3 is 2.33 bits per heavy atom. The second kappa shape index (κ2) is 5.80. The highest BCUT2D eigenvalue weighted by molar-refractivity contribution is 5.98. The first-order chi connectivity index (χ1) is 8.52. The van der Waals surface area contributed by atoms with E-state index in [1.165, 1.54) is 6.92 Å². The van der Waals surface area contributed by atoms with Crippen molar-refractivity contribution >= 4 is 11.9 Å². The van der Waals surface area contributed by atoms with Gasteiger partial charge in [0.05, 0.1) is 13.2 Å². The van der Waals surface area contributed by atoms with E-state index in [4.69, 9.17) is 0 Å². The zero-order valence-corrected chi connectivity index (χ0v) is 9.85. The van der Waals surface area contributed by atoms with Crippen molar-refractivity contribution in [1.82, 2.24) is 10.2 Å². The number of rotatable bonds is 4. The number of esters is 2. The molecule has 0 aromatic carbocycles. The van der Waals surface area contributed by atoms with Crippen molar-refractivity contribution in [2.24, 2.45) is 0 Å². The summed E-state index contributed by atoms with van der Waals surface area (Å²) < 4.78 is 9.19. The van der Waals surface area contributed by atoms with Crippen LogP contribution < -0.4 is 5.56 Å². The molecule has 1 aromatic heterocycles. The van der Waals surface area contributed by atoms with E-state index in [-0.39, 0.29) is 13.2 Å². The van der Waals surface area contributed by atoms with Crippen LogP contribution in [0.25, 0.3) is 0 Å². The molecule has 0 radical (unpaired) electrons. The summed E-state index contributed by atoms with van der Waals surface area (Å²) in [5, 5.41) is 14.9. The molecule has 0 spiro atoms. The molecule has 0 saturated heterocycles. The largest absolute Gasteiger partial charge is 0.504 e. The van der Waals surface area contributed by atoms with Crippen LogP contribution in [-0.4, -0.2) is 40.5 Å². The van der Waals surface area contributed by atoms with Crippen molar-refractivity contribution in [2.75, 3.05) is 13.2 Å². The van der Waals surface area contributed by atoms with Crippen molar-refractivity contribution in [3.05, 3.63) is 21.6 Å². The fourth-order valence-corrected chi connectivity index (χ4v) is 1.18. The molecule has 0 aliphatic heterocycles. The van der Waals surface area contributed by atoms with Gasteiger partial charge in [0.25, 0.3) is 5.56 Å². The molecule has 98 valence electrons. The Labute approximate surface area is 102 Å². The molecule has 1 heterocycles. The normalized spacial score (nSPS) is 9.89. The topological polar surface area (TPSA) is 119 Å². The highest BCUT2D eigenvalue weighted by Gasteiger charge is 2.25. The number of aromatic hydroxyl groups is 1. The number of carbonyl (C=O) groups excluding carboxylic acids is 2. The van der Waals surface area contributed by atoms with Crippen LogP contribution in [-0.2, 0) is 9.47 Å². The molecular formula is C10H12N2O6. The Kier molecular flexibility index (Phi) is 4.41. The smallest absolute Gasteiger partial charge is 0.362 e. The van der Waals surface area contributed by atoms with E-state index in [1.54, 1.807) is 6.92 Å². The minimum atomic E-state index is -1.04. The number of aromatic nitrogens is 2. The molecule has 0 amide bonds. The molecule has 18 heavy (non-hydrogen) atoms. The molecule has 8 nitrogen and oxygen atoms in total. The van der Waals surface area contributed by atoms with Gasteiger partial charge < -0.3 is 14.6 Å². The van der Waals surface area contributed by atoms with Gasteiger partial charge in [-0.1, -0.05) is 0 Å². The van der Waals surface area contributed by atoms with Gasteiger partial charge in [0.1, 0.15) is 0 Å². The Morgan fingerprint density at radius 1 is 1.22 bits per heavy atom. The van der Waals surface area contributed by atoms with Crippen LogP contribution >= 0.6 is 0 Å². The molecule has 0 fully saturated rings. The maximum absolute atomic E-state index is 11.4. The van der Waals surface area contributed by atoms with Crippen LogP contribution in [0.3, 0.4) is 0 Å². The predicted molar refractivity (Wildman–Crippen MR) is 58.4 cm³/mol. The van der Waals surface area contributed by atoms with Crippen LogP contribution in [0.5, 0.6) is 5.75 Å². The van der Waals surface area contributed by atoms with E-state index < -0.39 is 34.5 Å². The maximum Gasteiger partial charge on any atom is 0.362 e. The number of aromatic amines is 1. The summed E-state index contributed by atoms with van der Waals surface area (Å²) in [6, 6.07) is 0. The van der Waals surface area contributed by atoms with Gasteiger partial charge in [0.15, 0.2) is 11.3 Å². The SMILES string of the molecule is CCOC(=O)c1n[nH]c(=O)c(C(=O)OCC)c1O. The van der Waals surface area contributed by atoms with Crippen molar-refractivity contribution in [3.8, 4) is 5.75 Å².